The molecule has 0 spiro atoms. The normalized spacial score (nSPS) is 13.2. The summed E-state index contributed by atoms with van der Waals surface area (Å²) in [4.78, 5) is 19.2. The van der Waals surface area contributed by atoms with Gasteiger partial charge in [-0.25, -0.2) is 8.78 Å². The van der Waals surface area contributed by atoms with E-state index in [1.807, 2.05) is 59.2 Å². The first-order valence-electron chi connectivity index (χ1n) is 12.7. The van der Waals surface area contributed by atoms with Gasteiger partial charge in [0.1, 0.15) is 0 Å². The van der Waals surface area contributed by atoms with Crippen molar-refractivity contribution in [1.29, 1.82) is 0 Å². The molecule has 2 atom stereocenters. The molecule has 2 aromatic rings. The van der Waals surface area contributed by atoms with E-state index in [0.717, 1.165) is 23.9 Å². The Bertz CT molecular complexity index is 1030. The second-order valence-electron chi connectivity index (χ2n) is 8.80. The van der Waals surface area contributed by atoms with Gasteiger partial charge in [-0.15, -0.1) is 0 Å². The van der Waals surface area contributed by atoms with Crippen molar-refractivity contribution >= 4 is 17.8 Å². The monoisotopic (exact) mass is 504 g/mol. The molecule has 0 saturated carbocycles. The first-order valence-corrected chi connectivity index (χ1v) is 12.7. The average molecular weight is 505 g/mol. The number of amides is 1. The molecule has 2 aromatic carbocycles. The van der Waals surface area contributed by atoms with E-state index in [1.54, 1.807) is 6.07 Å². The van der Waals surface area contributed by atoms with Gasteiger partial charge in [0.05, 0.1) is 12.1 Å². The maximum Gasteiger partial charge on any atom is 0.228 e. The molecule has 5 nitrogen and oxygen atoms in total. The smallest absolute Gasteiger partial charge is 0.228 e. The Hall–Kier alpha value is -3.06. The lowest BCUT2D eigenvalue weighted by atomic mass is 10.1. The summed E-state index contributed by atoms with van der Waals surface area (Å²) in [6.45, 7) is 15.3. The van der Waals surface area contributed by atoms with Crippen molar-refractivity contribution in [2.45, 2.75) is 67.0 Å². The van der Waals surface area contributed by atoms with Gasteiger partial charge >= 0.3 is 0 Å². The van der Waals surface area contributed by atoms with Crippen molar-refractivity contribution < 1.29 is 16.4 Å². The van der Waals surface area contributed by atoms with Crippen LogP contribution in [0.5, 0.6) is 0 Å². The summed E-state index contributed by atoms with van der Waals surface area (Å²) in [6.07, 6.45) is 3.73. The van der Waals surface area contributed by atoms with Crippen molar-refractivity contribution in [2.24, 2.45) is 10.9 Å². The van der Waals surface area contributed by atoms with Crippen LogP contribution in [0.2, 0.25) is 0 Å². The van der Waals surface area contributed by atoms with Gasteiger partial charge < -0.3 is 15.5 Å². The molecule has 0 aliphatic rings. The summed E-state index contributed by atoms with van der Waals surface area (Å²) in [5, 5.41) is 6.27. The summed E-state index contributed by atoms with van der Waals surface area (Å²) in [5.74, 6) is -2.04. The number of nitrogens with one attached hydrogen (secondary N) is 2. The number of aliphatic imine (C=N–C) groups is 1. The lowest BCUT2D eigenvalue weighted by Crippen LogP contribution is -2.30. The topological polar surface area (TPSA) is 56.7 Å². The Morgan fingerprint density at radius 1 is 1.11 bits per heavy atom. The SMILES string of the molecule is CC.CCN(C)/C=C(/N=CC(C)N[C@@H](C)c1cccc(NC(=O)Cc2cccc(F)c2F)c1)C(C)C.[HH].[HH]. The number of carbonyl (C=O) groups is 1. The minimum Gasteiger partial charge on any atom is -0.379 e. The fraction of sp³-hybridized carbons (Fsp3) is 0.448. The zero-order valence-electron chi connectivity index (χ0n) is 22.9. The second-order valence-corrected chi connectivity index (χ2v) is 8.80. The van der Waals surface area contributed by atoms with Crippen LogP contribution in [0.25, 0.3) is 0 Å². The summed E-state index contributed by atoms with van der Waals surface area (Å²) in [7, 11) is 2.03. The van der Waals surface area contributed by atoms with Gasteiger partial charge in [0.25, 0.3) is 0 Å². The van der Waals surface area contributed by atoms with Crippen LogP contribution >= 0.6 is 0 Å². The number of anilines is 1. The molecule has 0 heterocycles. The molecule has 1 unspecified atom stereocenters. The van der Waals surface area contributed by atoms with E-state index in [0.29, 0.717) is 11.6 Å². The quantitative estimate of drug-likeness (QED) is 0.318. The molecule has 0 bridgehead atoms. The largest absolute Gasteiger partial charge is 0.379 e. The number of hydrogen-bond acceptors (Lipinski definition) is 4. The molecule has 0 aliphatic carbocycles. The number of halogens is 2. The van der Waals surface area contributed by atoms with Crippen LogP contribution in [0, 0.1) is 17.6 Å². The molecule has 0 radical (unpaired) electrons. The van der Waals surface area contributed by atoms with Crippen molar-refractivity contribution in [3.05, 3.63) is 77.1 Å². The predicted molar refractivity (Wildman–Crippen MR) is 151 cm³/mol. The second kappa shape index (κ2) is 15.8. The highest BCUT2D eigenvalue weighted by Crippen LogP contribution is 2.19. The summed E-state index contributed by atoms with van der Waals surface area (Å²) < 4.78 is 27.2. The van der Waals surface area contributed by atoms with Gasteiger partial charge in [0.15, 0.2) is 11.6 Å². The fourth-order valence-corrected chi connectivity index (χ4v) is 3.33. The fourth-order valence-electron chi connectivity index (χ4n) is 3.33. The Balaban J connectivity index is 0. The first kappa shape index (κ1) is 31.0. The third kappa shape index (κ3) is 10.3. The number of allylic oxidation sites excluding steroid dienone is 1. The van der Waals surface area contributed by atoms with Gasteiger partial charge in [-0.3, -0.25) is 9.79 Å². The van der Waals surface area contributed by atoms with E-state index < -0.39 is 17.5 Å². The van der Waals surface area contributed by atoms with E-state index in [1.165, 1.54) is 12.1 Å². The summed E-state index contributed by atoms with van der Waals surface area (Å²) in [5.41, 5.74) is 2.63. The van der Waals surface area contributed by atoms with Crippen molar-refractivity contribution in [3.8, 4) is 0 Å². The van der Waals surface area contributed by atoms with Gasteiger partial charge in [-0.05, 0) is 50.5 Å². The summed E-state index contributed by atoms with van der Waals surface area (Å²) >= 11 is 0. The van der Waals surface area contributed by atoms with E-state index >= 15 is 0 Å². The van der Waals surface area contributed by atoms with E-state index in [4.69, 9.17) is 0 Å². The van der Waals surface area contributed by atoms with E-state index in [2.05, 4.69) is 47.5 Å². The number of nitrogens with zero attached hydrogens (tertiary/aromatic N) is 2. The highest BCUT2D eigenvalue weighted by atomic mass is 19.2. The van der Waals surface area contributed by atoms with Gasteiger partial charge in [-0.1, -0.05) is 52.0 Å². The third-order valence-corrected chi connectivity index (χ3v) is 5.46. The molecule has 0 aliphatic heterocycles. The van der Waals surface area contributed by atoms with Crippen LogP contribution < -0.4 is 10.6 Å². The minimum atomic E-state index is -0.989. The molecule has 2 N–H and O–H groups in total. The Labute approximate surface area is 218 Å². The highest BCUT2D eigenvalue weighted by Gasteiger charge is 2.13. The zero-order chi connectivity index (χ0) is 27.3. The molecule has 0 aromatic heterocycles. The third-order valence-electron chi connectivity index (χ3n) is 5.46. The van der Waals surface area contributed by atoms with Crippen LogP contribution in [0.3, 0.4) is 0 Å². The standard InChI is InChI=1S/C27H36F2N4O.C2H6.2H2/c1-7-33(6)17-25(18(2)3)30-16-19(4)31-20(5)21-10-8-12-23(14-21)32-26(34)15-22-11-9-13-24(28)27(22)29;1-2;;/h8-14,16-20,31H,7,15H2,1-6H3,(H,32,34);1-2H3;2*1H/b25-17+,30-16?;;;/t19?,20-;;;/m0.../s1. The maximum absolute atomic E-state index is 13.8. The van der Waals surface area contributed by atoms with Gasteiger partial charge in [-0.2, -0.15) is 0 Å². The Kier molecular flexibility index (Phi) is 13.6. The zero-order valence-corrected chi connectivity index (χ0v) is 22.9. The molecule has 7 heteroatoms. The Morgan fingerprint density at radius 2 is 1.78 bits per heavy atom. The number of hydrogen-bond donors (Lipinski definition) is 2. The lowest BCUT2D eigenvalue weighted by Gasteiger charge is -2.19. The molecule has 2 rings (SSSR count). The van der Waals surface area contributed by atoms with Gasteiger partial charge in [0, 0.05) is 52.2 Å². The van der Waals surface area contributed by atoms with Crippen LogP contribution in [0.1, 0.15) is 68.5 Å². The molecule has 0 saturated heterocycles. The molecule has 202 valence electrons. The van der Waals surface area contributed by atoms with Crippen LogP contribution in [-0.4, -0.2) is 36.7 Å². The van der Waals surface area contributed by atoms with E-state index in [-0.39, 0.29) is 26.9 Å². The van der Waals surface area contributed by atoms with E-state index in [9.17, 15) is 13.6 Å². The van der Waals surface area contributed by atoms with Crippen LogP contribution in [-0.2, 0) is 11.2 Å². The van der Waals surface area contributed by atoms with Crippen molar-refractivity contribution in [3.63, 3.8) is 0 Å². The average Bonchev–Trinajstić information content (AvgIpc) is 2.85. The number of rotatable bonds is 11. The molecule has 36 heavy (non-hydrogen) atoms. The van der Waals surface area contributed by atoms with Crippen LogP contribution in [0.15, 0.2) is 59.4 Å². The van der Waals surface area contributed by atoms with Crippen molar-refractivity contribution in [1.82, 2.24) is 10.2 Å². The Morgan fingerprint density at radius 3 is 2.42 bits per heavy atom. The van der Waals surface area contributed by atoms with Gasteiger partial charge in [0.2, 0.25) is 5.91 Å². The predicted octanol–water partition coefficient (Wildman–Crippen LogP) is 7.22. The highest BCUT2D eigenvalue weighted by molar-refractivity contribution is 5.92. The molecule has 0 fully saturated rings. The minimum absolute atomic E-state index is 0. The molecule has 1 amide bonds. The molecular weight excluding hydrogens is 458 g/mol. The maximum atomic E-state index is 13.8. The lowest BCUT2D eigenvalue weighted by molar-refractivity contribution is -0.115. The number of carbonyl (C=O) groups excluding carboxylic acids is 1. The first-order chi connectivity index (χ1) is 17.1. The van der Waals surface area contributed by atoms with Crippen LogP contribution in [0.4, 0.5) is 14.5 Å². The summed E-state index contributed by atoms with van der Waals surface area (Å²) in [6, 6.07) is 11.3. The number of benzene rings is 2. The van der Waals surface area contributed by atoms with Crippen molar-refractivity contribution in [2.75, 3.05) is 18.9 Å². The molecular formula is C29H46F2N4O.